The summed E-state index contributed by atoms with van der Waals surface area (Å²) < 4.78 is 23.6. The van der Waals surface area contributed by atoms with Crippen LogP contribution >= 0.6 is 0 Å². The van der Waals surface area contributed by atoms with Gasteiger partial charge in [0, 0.05) is 6.07 Å². The first-order valence-electron chi connectivity index (χ1n) is 9.05. The molecule has 0 aliphatic heterocycles. The van der Waals surface area contributed by atoms with Crippen molar-refractivity contribution >= 4 is 5.91 Å². The Balaban J connectivity index is 1.75. The van der Waals surface area contributed by atoms with Crippen LogP contribution in [-0.4, -0.2) is 32.1 Å². The maximum atomic E-state index is 13.1. The maximum Gasteiger partial charge on any atom is 0.278 e. The van der Waals surface area contributed by atoms with Crippen molar-refractivity contribution in [3.63, 3.8) is 0 Å². The van der Waals surface area contributed by atoms with Gasteiger partial charge in [0.2, 0.25) is 0 Å². The Hall–Kier alpha value is -3.11. The van der Waals surface area contributed by atoms with E-state index >= 15 is 0 Å². The van der Waals surface area contributed by atoms with E-state index in [2.05, 4.69) is 5.16 Å². The summed E-state index contributed by atoms with van der Waals surface area (Å²) in [5.74, 6) is -1.19. The quantitative estimate of drug-likeness (QED) is 0.328. The Morgan fingerprint density at radius 2 is 1.80 bits per heavy atom. The monoisotopic (exact) mass is 416 g/mol. The molecule has 1 aromatic heterocycles. The number of aliphatic hydroxyl groups excluding tert-OH is 2. The largest absolute Gasteiger partial charge is 0.388 e. The summed E-state index contributed by atoms with van der Waals surface area (Å²) in [6.45, 7) is 0.808. The third-order valence-electron chi connectivity index (χ3n) is 4.76. The van der Waals surface area contributed by atoms with E-state index in [-0.39, 0.29) is 23.9 Å². The van der Waals surface area contributed by atoms with Crippen LogP contribution in [0, 0.1) is 5.82 Å². The molecule has 0 aliphatic rings. The highest BCUT2D eigenvalue weighted by Crippen LogP contribution is 2.31. The lowest BCUT2D eigenvalue weighted by Crippen LogP contribution is -2.50. The van der Waals surface area contributed by atoms with Gasteiger partial charge in [-0.05, 0) is 35.7 Å². The molecule has 8 nitrogen and oxygen atoms in total. The predicted octanol–water partition coefficient (Wildman–Crippen LogP) is 2.49. The first-order chi connectivity index (χ1) is 14.4. The Morgan fingerprint density at radius 3 is 2.33 bits per heavy atom. The van der Waals surface area contributed by atoms with E-state index in [0.29, 0.717) is 5.56 Å². The van der Waals surface area contributed by atoms with Crippen molar-refractivity contribution in [2.75, 3.05) is 0 Å². The number of carbonyl (C=O) groups excluding carboxylic acids is 1. The van der Waals surface area contributed by atoms with E-state index < -0.39 is 24.2 Å². The van der Waals surface area contributed by atoms with Crippen molar-refractivity contribution in [2.45, 2.75) is 31.8 Å². The normalized spacial score (nSPS) is 14.2. The molecule has 2 aromatic carbocycles. The van der Waals surface area contributed by atoms with E-state index in [4.69, 9.17) is 19.6 Å². The van der Waals surface area contributed by atoms with Crippen molar-refractivity contribution in [2.24, 2.45) is 0 Å². The topological polar surface area (TPSA) is 125 Å². The Morgan fingerprint density at radius 1 is 1.20 bits per heavy atom. The summed E-state index contributed by atoms with van der Waals surface area (Å²) in [7, 11) is 0. The smallest absolute Gasteiger partial charge is 0.278 e. The number of amides is 1. The van der Waals surface area contributed by atoms with Crippen molar-refractivity contribution in [1.82, 2.24) is 10.6 Å². The summed E-state index contributed by atoms with van der Waals surface area (Å²) in [4.78, 5) is 12.2. The van der Waals surface area contributed by atoms with Gasteiger partial charge in [-0.25, -0.2) is 9.87 Å². The van der Waals surface area contributed by atoms with Crippen LogP contribution in [0.5, 0.6) is 0 Å². The van der Waals surface area contributed by atoms with Gasteiger partial charge in [-0.2, -0.15) is 0 Å². The molecule has 30 heavy (non-hydrogen) atoms. The van der Waals surface area contributed by atoms with E-state index in [1.165, 1.54) is 30.6 Å². The van der Waals surface area contributed by atoms with Crippen molar-refractivity contribution in [3.05, 3.63) is 77.4 Å². The van der Waals surface area contributed by atoms with Gasteiger partial charge in [0.25, 0.3) is 5.91 Å². The maximum absolute atomic E-state index is 13.1. The van der Waals surface area contributed by atoms with Crippen molar-refractivity contribution in [3.8, 4) is 11.1 Å². The van der Waals surface area contributed by atoms with Crippen LogP contribution in [-0.2, 0) is 22.7 Å². The fourth-order valence-electron chi connectivity index (χ4n) is 2.86. The molecule has 0 aliphatic carbocycles. The molecule has 0 unspecified atom stereocenters. The second-order valence-corrected chi connectivity index (χ2v) is 6.82. The van der Waals surface area contributed by atoms with Gasteiger partial charge >= 0.3 is 0 Å². The lowest BCUT2D eigenvalue weighted by molar-refractivity contribution is -0.174. The predicted molar refractivity (Wildman–Crippen MR) is 102 cm³/mol. The SMILES string of the molecule is C[C@@](OCc1ccc(-c2ccc(F)cc2)cc1)(C(=O)NO)[C@H](O)c1cc(CO)on1. The standard InChI is InChI=1S/C21H21FN2O6/c1-21(20(27)23-28,19(26)18-10-17(11-25)30-24-18)29-12-13-2-4-14(5-3-13)15-6-8-16(22)9-7-15/h2-10,19,25-26,28H,11-12H2,1H3,(H,23,27)/t19-,21+/m1/s1. The number of carbonyl (C=O) groups is 1. The van der Waals surface area contributed by atoms with Crippen LogP contribution in [0.4, 0.5) is 4.39 Å². The number of ether oxygens (including phenoxy) is 1. The summed E-state index contributed by atoms with van der Waals surface area (Å²) in [5.41, 5.74) is 1.97. The zero-order valence-corrected chi connectivity index (χ0v) is 16.1. The number of hydrogen-bond acceptors (Lipinski definition) is 7. The zero-order valence-electron chi connectivity index (χ0n) is 16.1. The van der Waals surface area contributed by atoms with E-state index in [0.717, 1.165) is 11.1 Å². The Kier molecular flexibility index (Phi) is 6.58. The van der Waals surface area contributed by atoms with Crippen LogP contribution in [0.2, 0.25) is 0 Å². The van der Waals surface area contributed by atoms with Crippen LogP contribution in [0.15, 0.2) is 59.1 Å². The zero-order chi connectivity index (χ0) is 21.7. The number of rotatable bonds is 8. The number of hydrogen-bond donors (Lipinski definition) is 4. The van der Waals surface area contributed by atoms with Gasteiger partial charge in [0.1, 0.15) is 24.2 Å². The second-order valence-electron chi connectivity index (χ2n) is 6.82. The Labute approximate surface area is 171 Å². The summed E-state index contributed by atoms with van der Waals surface area (Å²) in [6, 6.07) is 14.5. The van der Waals surface area contributed by atoms with Gasteiger partial charge in [-0.3, -0.25) is 10.0 Å². The molecule has 2 atom stereocenters. The van der Waals surface area contributed by atoms with Crippen LogP contribution < -0.4 is 5.48 Å². The summed E-state index contributed by atoms with van der Waals surface area (Å²) in [6.07, 6.45) is -1.58. The lowest BCUT2D eigenvalue weighted by Gasteiger charge is -2.31. The fourth-order valence-corrected chi connectivity index (χ4v) is 2.86. The van der Waals surface area contributed by atoms with E-state index in [9.17, 15) is 14.3 Å². The first-order valence-corrected chi connectivity index (χ1v) is 9.05. The van der Waals surface area contributed by atoms with Crippen LogP contribution in [0.25, 0.3) is 11.1 Å². The van der Waals surface area contributed by atoms with E-state index in [1.807, 2.05) is 12.1 Å². The van der Waals surface area contributed by atoms with Gasteiger partial charge in [0.05, 0.1) is 6.61 Å². The molecule has 158 valence electrons. The van der Waals surface area contributed by atoms with Crippen LogP contribution in [0.3, 0.4) is 0 Å². The Bertz CT molecular complexity index is 989. The van der Waals surface area contributed by atoms with Gasteiger partial charge < -0.3 is 19.5 Å². The number of halogens is 1. The third kappa shape index (κ3) is 4.55. The van der Waals surface area contributed by atoms with E-state index in [1.54, 1.807) is 24.3 Å². The highest BCUT2D eigenvalue weighted by molar-refractivity contribution is 5.84. The van der Waals surface area contributed by atoms with Gasteiger partial charge in [0.15, 0.2) is 11.4 Å². The minimum absolute atomic E-state index is 0.0307. The molecule has 1 heterocycles. The lowest BCUT2D eigenvalue weighted by atomic mass is 9.95. The van der Waals surface area contributed by atoms with Crippen LogP contribution in [0.1, 0.15) is 30.0 Å². The molecule has 0 saturated carbocycles. The second kappa shape index (κ2) is 9.14. The summed E-state index contributed by atoms with van der Waals surface area (Å²) in [5, 5.41) is 32.4. The number of nitrogens with zero attached hydrogens (tertiary/aromatic N) is 1. The number of benzene rings is 2. The molecule has 0 fully saturated rings. The minimum atomic E-state index is -1.89. The molecule has 0 spiro atoms. The highest BCUT2D eigenvalue weighted by atomic mass is 19.1. The molecule has 3 aromatic rings. The molecule has 0 saturated heterocycles. The third-order valence-corrected chi connectivity index (χ3v) is 4.76. The number of aromatic nitrogens is 1. The summed E-state index contributed by atoms with van der Waals surface area (Å²) >= 11 is 0. The molecule has 3 rings (SSSR count). The molecular weight excluding hydrogens is 395 g/mol. The molecule has 0 bridgehead atoms. The van der Waals surface area contributed by atoms with Crippen molar-refractivity contribution in [1.29, 1.82) is 0 Å². The molecular formula is C21H21FN2O6. The molecule has 9 heteroatoms. The van der Waals surface area contributed by atoms with Crippen molar-refractivity contribution < 1.29 is 33.9 Å². The minimum Gasteiger partial charge on any atom is -0.388 e. The number of nitrogens with one attached hydrogen (secondary N) is 1. The fraction of sp³-hybridized carbons (Fsp3) is 0.238. The average Bonchev–Trinajstić information content (AvgIpc) is 3.26. The molecule has 0 radical (unpaired) electrons. The number of aliphatic hydroxyl groups is 2. The average molecular weight is 416 g/mol. The van der Waals surface area contributed by atoms with Gasteiger partial charge in [-0.15, -0.1) is 0 Å². The molecule has 1 amide bonds. The first kappa shape index (κ1) is 21.6. The highest BCUT2D eigenvalue weighted by Gasteiger charge is 2.44. The van der Waals surface area contributed by atoms with Gasteiger partial charge in [-0.1, -0.05) is 41.6 Å². The number of hydroxylamine groups is 1. The molecule has 4 N–H and O–H groups in total.